The number of carbonyl (C=O) groups excluding carboxylic acids is 3. The topological polar surface area (TPSA) is 171 Å². The molecule has 6 atom stereocenters. The Morgan fingerprint density at radius 1 is 1.04 bits per heavy atom. The van der Waals surface area contributed by atoms with Crippen molar-refractivity contribution in [3.8, 4) is 0 Å². The highest BCUT2D eigenvalue weighted by atomic mass is 32.2. The first-order valence-corrected chi connectivity index (χ1v) is 18.8. The molecule has 4 rings (SSSR count). The van der Waals surface area contributed by atoms with Crippen molar-refractivity contribution in [3.05, 3.63) is 53.4 Å². The van der Waals surface area contributed by atoms with Crippen LogP contribution in [0.1, 0.15) is 88.5 Å². The van der Waals surface area contributed by atoms with Gasteiger partial charge in [0.05, 0.1) is 22.9 Å². The maximum atomic E-state index is 14.1. The highest BCUT2D eigenvalue weighted by molar-refractivity contribution is 7.92. The fraction of sp³-hybridized carbons (Fsp3) is 0.657. The van der Waals surface area contributed by atoms with E-state index in [0.29, 0.717) is 30.6 Å². The maximum absolute atomic E-state index is 14.1. The smallest absolute Gasteiger partial charge is 0.274 e. The van der Waals surface area contributed by atoms with Crippen LogP contribution in [-0.2, 0) is 25.8 Å². The van der Waals surface area contributed by atoms with Crippen LogP contribution in [0.2, 0.25) is 0 Å². The van der Waals surface area contributed by atoms with Crippen molar-refractivity contribution in [2.45, 2.75) is 115 Å². The fourth-order valence-electron chi connectivity index (χ4n) is 6.86. The number of benzene rings is 1. The molecule has 2 fully saturated rings. The summed E-state index contributed by atoms with van der Waals surface area (Å²) in [6.07, 6.45) is 5.26. The van der Waals surface area contributed by atoms with Crippen LogP contribution in [0.4, 0.5) is 0 Å². The van der Waals surface area contributed by atoms with Gasteiger partial charge in [0, 0.05) is 31.0 Å². The van der Waals surface area contributed by atoms with Crippen LogP contribution in [0.15, 0.2) is 40.9 Å². The molecule has 0 spiro atoms. The standard InChI is InChI=1S/C35H53N5O7S/c1-22-17-27(39-47-22)31(42)37-30(35(5,6)48(7,45)46)33(44)36-26(18-23-13-9-8-10-14-23)29(41)21-40-20-25-16-12-11-15-24(25)19-28(40)32(43)38-34(2,3)4/h8-10,13-14,17,24-26,28-30,41H,11-12,15-16,18-21H2,1-7H3,(H,36,44)(H,37,42)(H,38,43). The predicted molar refractivity (Wildman–Crippen MR) is 183 cm³/mol. The Labute approximate surface area is 284 Å². The highest BCUT2D eigenvalue weighted by Crippen LogP contribution is 2.39. The van der Waals surface area contributed by atoms with E-state index in [4.69, 9.17) is 4.52 Å². The number of carbonyl (C=O) groups is 3. The normalized spacial score (nSPS) is 22.5. The van der Waals surface area contributed by atoms with Crippen molar-refractivity contribution in [1.82, 2.24) is 26.0 Å². The van der Waals surface area contributed by atoms with Gasteiger partial charge in [-0.2, -0.15) is 0 Å². The van der Waals surface area contributed by atoms with E-state index in [1.54, 1.807) is 6.92 Å². The summed E-state index contributed by atoms with van der Waals surface area (Å²) in [7, 11) is -3.88. The van der Waals surface area contributed by atoms with Gasteiger partial charge in [-0.3, -0.25) is 19.3 Å². The van der Waals surface area contributed by atoms with Crippen LogP contribution >= 0.6 is 0 Å². The van der Waals surface area contributed by atoms with Gasteiger partial charge in [-0.05, 0) is 78.2 Å². The van der Waals surface area contributed by atoms with E-state index in [9.17, 15) is 27.9 Å². The van der Waals surface area contributed by atoms with Gasteiger partial charge in [-0.1, -0.05) is 54.8 Å². The molecule has 1 aromatic heterocycles. The number of aliphatic hydroxyl groups excluding tert-OH is 1. The van der Waals surface area contributed by atoms with Gasteiger partial charge in [0.25, 0.3) is 5.91 Å². The third kappa shape index (κ3) is 9.44. The number of likely N-dealkylation sites (tertiary alicyclic amines) is 1. The summed E-state index contributed by atoms with van der Waals surface area (Å²) in [6.45, 7) is 11.0. The second-order valence-electron chi connectivity index (χ2n) is 15.2. The van der Waals surface area contributed by atoms with Crippen LogP contribution in [0.3, 0.4) is 0 Å². The second kappa shape index (κ2) is 15.1. The Bertz CT molecular complexity index is 1540. The molecule has 2 aromatic rings. The molecule has 4 N–H and O–H groups in total. The lowest BCUT2D eigenvalue weighted by Gasteiger charge is -2.47. The first-order chi connectivity index (χ1) is 22.4. The number of hydrogen-bond acceptors (Lipinski definition) is 9. The summed E-state index contributed by atoms with van der Waals surface area (Å²) in [5.74, 6) is -0.385. The molecule has 2 heterocycles. The molecule has 1 saturated heterocycles. The minimum absolute atomic E-state index is 0.0804. The Balaban J connectivity index is 1.62. The van der Waals surface area contributed by atoms with E-state index >= 15 is 0 Å². The fourth-order valence-corrected chi connectivity index (χ4v) is 7.45. The van der Waals surface area contributed by atoms with Crippen molar-refractivity contribution in [2.75, 3.05) is 19.3 Å². The lowest BCUT2D eigenvalue weighted by Crippen LogP contribution is -2.64. The highest BCUT2D eigenvalue weighted by Gasteiger charge is 2.46. The average Bonchev–Trinajstić information content (AvgIpc) is 3.44. The lowest BCUT2D eigenvalue weighted by molar-refractivity contribution is -0.133. The molecule has 3 amide bonds. The van der Waals surface area contributed by atoms with Crippen LogP contribution in [0.25, 0.3) is 0 Å². The number of aryl methyl sites for hydroxylation is 1. The van der Waals surface area contributed by atoms with Crippen LogP contribution in [-0.4, -0.2) is 95.2 Å². The van der Waals surface area contributed by atoms with Crippen LogP contribution < -0.4 is 16.0 Å². The van der Waals surface area contributed by atoms with E-state index in [1.807, 2.05) is 51.1 Å². The Morgan fingerprint density at radius 3 is 2.27 bits per heavy atom. The zero-order chi connectivity index (χ0) is 35.4. The van der Waals surface area contributed by atoms with Gasteiger partial charge < -0.3 is 25.6 Å². The Kier molecular flexibility index (Phi) is 11.8. The molecule has 1 aliphatic heterocycles. The summed E-state index contributed by atoms with van der Waals surface area (Å²) in [4.78, 5) is 42.9. The van der Waals surface area contributed by atoms with Gasteiger partial charge in [-0.15, -0.1) is 0 Å². The number of fused-ring (bicyclic) bond motifs is 1. The first kappa shape index (κ1) is 37.5. The second-order valence-corrected chi connectivity index (χ2v) is 17.8. The van der Waals surface area contributed by atoms with Gasteiger partial charge in [0.2, 0.25) is 11.8 Å². The Morgan fingerprint density at radius 2 is 1.69 bits per heavy atom. The average molecular weight is 688 g/mol. The van der Waals surface area contributed by atoms with Crippen molar-refractivity contribution < 1.29 is 32.4 Å². The van der Waals surface area contributed by atoms with Crippen molar-refractivity contribution >= 4 is 27.6 Å². The van der Waals surface area contributed by atoms with E-state index in [0.717, 1.165) is 37.5 Å². The van der Waals surface area contributed by atoms with Crippen molar-refractivity contribution in [3.63, 3.8) is 0 Å². The predicted octanol–water partition coefficient (Wildman–Crippen LogP) is 2.79. The molecule has 6 unspecified atom stereocenters. The molecule has 13 heteroatoms. The number of nitrogens with one attached hydrogen (secondary N) is 3. The number of amides is 3. The SMILES string of the molecule is Cc1cc(C(=O)NC(C(=O)NC(Cc2ccccc2)C(O)CN2CC3CCCCC3CC2C(=O)NC(C)(C)C)C(C)(C)S(C)(=O)=O)no1. The maximum Gasteiger partial charge on any atom is 0.274 e. The molecule has 1 aromatic carbocycles. The Hall–Kier alpha value is -3.29. The zero-order valence-electron chi connectivity index (χ0n) is 29.3. The number of aromatic nitrogens is 1. The number of hydrogen-bond donors (Lipinski definition) is 4. The van der Waals surface area contributed by atoms with Crippen LogP contribution in [0, 0.1) is 18.8 Å². The van der Waals surface area contributed by atoms with Gasteiger partial charge >= 0.3 is 0 Å². The summed E-state index contributed by atoms with van der Waals surface area (Å²) in [5, 5.41) is 24.2. The zero-order valence-corrected chi connectivity index (χ0v) is 30.1. The van der Waals surface area contributed by atoms with E-state index in [1.165, 1.54) is 19.9 Å². The molecular formula is C35H53N5O7S. The number of aliphatic hydroxyl groups is 1. The van der Waals surface area contributed by atoms with E-state index in [-0.39, 0.29) is 24.6 Å². The number of nitrogens with zero attached hydrogens (tertiary/aromatic N) is 2. The lowest BCUT2D eigenvalue weighted by atomic mass is 9.72. The summed E-state index contributed by atoms with van der Waals surface area (Å²) in [5.41, 5.74) is 0.322. The minimum atomic E-state index is -3.88. The number of rotatable bonds is 12. The number of sulfone groups is 1. The summed E-state index contributed by atoms with van der Waals surface area (Å²) >= 11 is 0. The van der Waals surface area contributed by atoms with E-state index in [2.05, 4.69) is 26.0 Å². The third-order valence-electron chi connectivity index (χ3n) is 9.86. The number of piperidine rings is 1. The largest absolute Gasteiger partial charge is 0.390 e. The van der Waals surface area contributed by atoms with Gasteiger partial charge in [0.15, 0.2) is 15.5 Å². The molecule has 2 aliphatic rings. The molecule has 0 bridgehead atoms. The molecule has 12 nitrogen and oxygen atoms in total. The van der Waals surface area contributed by atoms with Gasteiger partial charge in [0.1, 0.15) is 11.8 Å². The molecule has 0 radical (unpaired) electrons. The molecule has 1 saturated carbocycles. The first-order valence-electron chi connectivity index (χ1n) is 16.9. The van der Waals surface area contributed by atoms with Crippen LogP contribution in [0.5, 0.6) is 0 Å². The third-order valence-corrected chi connectivity index (χ3v) is 12.0. The van der Waals surface area contributed by atoms with Crippen molar-refractivity contribution in [1.29, 1.82) is 0 Å². The molecule has 48 heavy (non-hydrogen) atoms. The summed E-state index contributed by atoms with van der Waals surface area (Å²) in [6, 6.07) is 7.89. The quantitative estimate of drug-likeness (QED) is 0.262. The molecule has 1 aliphatic carbocycles. The molecular weight excluding hydrogens is 634 g/mol. The van der Waals surface area contributed by atoms with Gasteiger partial charge in [-0.25, -0.2) is 8.42 Å². The minimum Gasteiger partial charge on any atom is -0.390 e. The van der Waals surface area contributed by atoms with Crippen molar-refractivity contribution in [2.24, 2.45) is 11.8 Å². The monoisotopic (exact) mass is 687 g/mol. The number of β-amino-alcohol motifs (C(OH)–C–C–N with tert-alkyl or cyclic N) is 1. The summed E-state index contributed by atoms with van der Waals surface area (Å²) < 4.78 is 29.2. The van der Waals surface area contributed by atoms with E-state index < -0.39 is 56.2 Å². The molecule has 266 valence electrons.